The number of carbonyl (C=O) groups is 1. The Morgan fingerprint density at radius 2 is 1.92 bits per heavy atom. The molecule has 0 radical (unpaired) electrons. The third kappa shape index (κ3) is 4.29. The first-order valence-corrected chi connectivity index (χ1v) is 9.04. The van der Waals surface area contributed by atoms with E-state index in [1.54, 1.807) is 12.1 Å². The quantitative estimate of drug-likeness (QED) is 0.809. The van der Waals surface area contributed by atoms with Crippen LogP contribution in [0.15, 0.2) is 42.5 Å². The number of amides is 1. The number of halogens is 1. The molecule has 1 aliphatic heterocycles. The first-order valence-electron chi connectivity index (χ1n) is 8.66. The molecule has 0 aromatic heterocycles. The predicted octanol–water partition coefficient (Wildman–Crippen LogP) is 3.75. The van der Waals surface area contributed by atoms with Crippen LogP contribution in [0, 0.1) is 0 Å². The third-order valence-corrected chi connectivity index (χ3v) is 4.93. The summed E-state index contributed by atoms with van der Waals surface area (Å²) >= 11 is 6.08. The van der Waals surface area contributed by atoms with Crippen LogP contribution in [0.2, 0.25) is 5.02 Å². The standard InChI is InChI=1S/C20H23ClN2O3/c1-25-19-12-18(22)17(21)11-16(19)20(24)23-9-7-15(8-10-23)26-13-14-5-3-2-4-6-14/h2-6,11-12,15H,7-10,13,22H2,1H3. The van der Waals surface area contributed by atoms with Gasteiger partial charge in [-0.3, -0.25) is 4.79 Å². The summed E-state index contributed by atoms with van der Waals surface area (Å²) in [6.07, 6.45) is 1.78. The van der Waals surface area contributed by atoms with Crippen LogP contribution in [0.1, 0.15) is 28.8 Å². The average molecular weight is 375 g/mol. The van der Waals surface area contributed by atoms with Gasteiger partial charge in [-0.2, -0.15) is 0 Å². The fourth-order valence-corrected chi connectivity index (χ4v) is 3.25. The summed E-state index contributed by atoms with van der Waals surface area (Å²) < 4.78 is 11.3. The van der Waals surface area contributed by atoms with Crippen LogP contribution < -0.4 is 10.5 Å². The molecule has 0 aliphatic carbocycles. The molecule has 0 bridgehead atoms. The van der Waals surface area contributed by atoms with E-state index in [1.165, 1.54) is 7.11 Å². The molecule has 0 spiro atoms. The Morgan fingerprint density at radius 3 is 2.58 bits per heavy atom. The lowest BCUT2D eigenvalue weighted by molar-refractivity contribution is -0.000433. The van der Waals surface area contributed by atoms with Crippen molar-refractivity contribution in [2.75, 3.05) is 25.9 Å². The first kappa shape index (κ1) is 18.5. The molecule has 138 valence electrons. The van der Waals surface area contributed by atoms with E-state index in [1.807, 2.05) is 23.1 Å². The number of piperidine rings is 1. The summed E-state index contributed by atoms with van der Waals surface area (Å²) in [6.45, 7) is 1.88. The number of benzene rings is 2. The van der Waals surface area contributed by atoms with Crippen molar-refractivity contribution in [3.05, 3.63) is 58.6 Å². The molecule has 1 aliphatic rings. The summed E-state index contributed by atoms with van der Waals surface area (Å²) in [6, 6.07) is 13.3. The van der Waals surface area contributed by atoms with Crippen LogP contribution in [-0.4, -0.2) is 37.1 Å². The fraction of sp³-hybridized carbons (Fsp3) is 0.350. The summed E-state index contributed by atoms with van der Waals surface area (Å²) in [5, 5.41) is 0.357. The SMILES string of the molecule is COc1cc(N)c(Cl)cc1C(=O)N1CCC(OCc2ccccc2)CC1. The lowest BCUT2D eigenvalue weighted by atomic mass is 10.1. The molecular weight excluding hydrogens is 352 g/mol. The maximum absolute atomic E-state index is 12.8. The van der Waals surface area contributed by atoms with Crippen molar-refractivity contribution in [1.82, 2.24) is 4.90 Å². The second kappa shape index (κ2) is 8.43. The van der Waals surface area contributed by atoms with Crippen LogP contribution >= 0.6 is 11.6 Å². The predicted molar refractivity (Wildman–Crippen MR) is 103 cm³/mol. The molecule has 1 saturated heterocycles. The molecule has 1 heterocycles. The van der Waals surface area contributed by atoms with Gasteiger partial charge < -0.3 is 20.1 Å². The van der Waals surface area contributed by atoms with Gasteiger partial charge in [-0.1, -0.05) is 41.9 Å². The molecule has 3 rings (SSSR count). The van der Waals surface area contributed by atoms with E-state index in [2.05, 4.69) is 12.1 Å². The van der Waals surface area contributed by atoms with Gasteiger partial charge in [0.2, 0.25) is 0 Å². The van der Waals surface area contributed by atoms with E-state index < -0.39 is 0 Å². The van der Waals surface area contributed by atoms with Crippen LogP contribution in [0.3, 0.4) is 0 Å². The van der Waals surface area contributed by atoms with E-state index in [0.717, 1.165) is 18.4 Å². The number of ether oxygens (including phenoxy) is 2. The van der Waals surface area contributed by atoms with E-state index in [4.69, 9.17) is 26.8 Å². The highest BCUT2D eigenvalue weighted by atomic mass is 35.5. The van der Waals surface area contributed by atoms with Gasteiger partial charge in [-0.25, -0.2) is 0 Å². The lowest BCUT2D eigenvalue weighted by Crippen LogP contribution is -2.41. The van der Waals surface area contributed by atoms with Crippen molar-refractivity contribution >= 4 is 23.2 Å². The van der Waals surface area contributed by atoms with Gasteiger partial charge in [0.25, 0.3) is 5.91 Å². The topological polar surface area (TPSA) is 64.8 Å². The number of nitrogens with two attached hydrogens (primary N) is 1. The monoisotopic (exact) mass is 374 g/mol. The Kier molecular flexibility index (Phi) is 6.01. The molecule has 2 aromatic carbocycles. The van der Waals surface area contributed by atoms with Crippen LogP contribution in [-0.2, 0) is 11.3 Å². The minimum atomic E-state index is -0.0924. The van der Waals surface area contributed by atoms with Gasteiger partial charge in [-0.15, -0.1) is 0 Å². The molecule has 2 N–H and O–H groups in total. The van der Waals surface area contributed by atoms with Crippen molar-refractivity contribution in [3.63, 3.8) is 0 Å². The number of methoxy groups -OCH3 is 1. The smallest absolute Gasteiger partial charge is 0.257 e. The number of rotatable bonds is 5. The van der Waals surface area contributed by atoms with E-state index in [-0.39, 0.29) is 12.0 Å². The van der Waals surface area contributed by atoms with Crippen molar-refractivity contribution in [3.8, 4) is 5.75 Å². The van der Waals surface area contributed by atoms with Crippen LogP contribution in [0.4, 0.5) is 5.69 Å². The Balaban J connectivity index is 1.58. The fourth-order valence-electron chi connectivity index (χ4n) is 3.09. The number of carbonyl (C=O) groups excluding carboxylic acids is 1. The molecule has 6 heteroatoms. The number of nitrogens with zero attached hydrogens (tertiary/aromatic N) is 1. The van der Waals surface area contributed by atoms with Crippen LogP contribution in [0.25, 0.3) is 0 Å². The van der Waals surface area contributed by atoms with Gasteiger partial charge in [0.15, 0.2) is 0 Å². The Labute approximate surface area is 158 Å². The van der Waals surface area contributed by atoms with Crippen molar-refractivity contribution in [2.45, 2.75) is 25.6 Å². The second-order valence-electron chi connectivity index (χ2n) is 6.36. The molecule has 1 fully saturated rings. The minimum absolute atomic E-state index is 0.0924. The number of hydrogen-bond donors (Lipinski definition) is 1. The summed E-state index contributed by atoms with van der Waals surface area (Å²) in [4.78, 5) is 14.6. The Morgan fingerprint density at radius 1 is 1.23 bits per heavy atom. The van der Waals surface area contributed by atoms with Crippen molar-refractivity contribution in [1.29, 1.82) is 0 Å². The van der Waals surface area contributed by atoms with Gasteiger partial charge in [0.05, 0.1) is 36.1 Å². The van der Waals surface area contributed by atoms with Crippen LogP contribution in [0.5, 0.6) is 5.75 Å². The average Bonchev–Trinajstić information content (AvgIpc) is 2.68. The number of nitrogen functional groups attached to an aromatic ring is 1. The second-order valence-corrected chi connectivity index (χ2v) is 6.77. The highest BCUT2D eigenvalue weighted by Crippen LogP contribution is 2.30. The van der Waals surface area contributed by atoms with E-state index >= 15 is 0 Å². The van der Waals surface area contributed by atoms with Gasteiger partial charge >= 0.3 is 0 Å². The van der Waals surface area contributed by atoms with Gasteiger partial charge in [0, 0.05) is 19.2 Å². The van der Waals surface area contributed by atoms with E-state index in [0.29, 0.717) is 41.7 Å². The zero-order chi connectivity index (χ0) is 18.5. The Bertz CT molecular complexity index is 759. The molecule has 5 nitrogen and oxygen atoms in total. The third-order valence-electron chi connectivity index (χ3n) is 4.61. The van der Waals surface area contributed by atoms with E-state index in [9.17, 15) is 4.79 Å². The van der Waals surface area contributed by atoms with Gasteiger partial charge in [-0.05, 0) is 24.5 Å². The van der Waals surface area contributed by atoms with Crippen molar-refractivity contribution in [2.24, 2.45) is 0 Å². The highest BCUT2D eigenvalue weighted by Gasteiger charge is 2.26. The van der Waals surface area contributed by atoms with Crippen molar-refractivity contribution < 1.29 is 14.3 Å². The molecule has 0 saturated carbocycles. The molecule has 1 amide bonds. The molecule has 0 atom stereocenters. The number of likely N-dealkylation sites (tertiary alicyclic amines) is 1. The summed E-state index contributed by atoms with van der Waals surface area (Å²) in [5.41, 5.74) is 7.79. The maximum Gasteiger partial charge on any atom is 0.257 e. The lowest BCUT2D eigenvalue weighted by Gasteiger charge is -2.32. The Hall–Kier alpha value is -2.24. The largest absolute Gasteiger partial charge is 0.496 e. The first-order chi connectivity index (χ1) is 12.6. The molecular formula is C20H23ClN2O3. The van der Waals surface area contributed by atoms with Gasteiger partial charge in [0.1, 0.15) is 5.75 Å². The normalized spacial score (nSPS) is 15.1. The molecule has 2 aromatic rings. The number of anilines is 1. The summed E-state index contributed by atoms with van der Waals surface area (Å²) in [7, 11) is 1.52. The number of hydrogen-bond acceptors (Lipinski definition) is 4. The minimum Gasteiger partial charge on any atom is -0.496 e. The zero-order valence-corrected chi connectivity index (χ0v) is 15.5. The zero-order valence-electron chi connectivity index (χ0n) is 14.8. The summed E-state index contributed by atoms with van der Waals surface area (Å²) in [5.74, 6) is 0.351. The molecule has 26 heavy (non-hydrogen) atoms. The maximum atomic E-state index is 12.8. The highest BCUT2D eigenvalue weighted by molar-refractivity contribution is 6.33. The molecule has 0 unspecified atom stereocenters.